The van der Waals surface area contributed by atoms with Crippen molar-refractivity contribution in [1.82, 2.24) is 0 Å². The van der Waals surface area contributed by atoms with Crippen LogP contribution in [-0.4, -0.2) is 0 Å². The zero-order chi connectivity index (χ0) is 3.41. The van der Waals surface area contributed by atoms with Crippen LogP contribution in [0.25, 0.3) is 0 Å². The molecule has 0 fully saturated rings. The van der Waals surface area contributed by atoms with E-state index in [1.54, 1.807) is 0 Å². The predicted molar refractivity (Wildman–Crippen MR) is 28.1 cm³/mol. The zero-order valence-electron chi connectivity index (χ0n) is 2.31. The minimum absolute atomic E-state index is 0. The molecule has 0 spiro atoms. The predicted octanol–water partition coefficient (Wildman–Crippen LogP) is 1.27. The summed E-state index contributed by atoms with van der Waals surface area (Å²) in [6, 6.07) is 0. The van der Waals surface area contributed by atoms with Crippen LogP contribution in [0.3, 0.4) is 0 Å². The molecule has 0 aliphatic heterocycles. The fourth-order valence-electron chi connectivity index (χ4n) is 0. The van der Waals surface area contributed by atoms with Crippen LogP contribution in [0.15, 0.2) is 4.36 Å². The molecule has 0 aromatic rings. The molecule has 4 heteroatoms. The maximum Gasteiger partial charge on any atom is 0.00183 e. The van der Waals surface area contributed by atoms with Crippen LogP contribution < -0.4 is 0 Å². The van der Waals surface area contributed by atoms with E-state index in [2.05, 4.69) is 16.8 Å². The second-order valence-electron chi connectivity index (χ2n) is 0.203. The van der Waals surface area contributed by atoms with E-state index < -0.39 is 0 Å². The topological polar surface area (TPSA) is 12.4 Å². The first-order valence-corrected chi connectivity index (χ1v) is 2.27. The zero-order valence-corrected chi connectivity index (χ0v) is 9.45. The molecule has 0 N–H and O–H groups in total. The Hall–Kier alpha value is 1.67. The van der Waals surface area contributed by atoms with Crippen LogP contribution in [0, 0.1) is 35.7 Å². The second kappa shape index (κ2) is 9.18. The SMILES string of the molecule is S=N[CH-]I.[U]. The van der Waals surface area contributed by atoms with E-state index in [0.29, 0.717) is 0 Å². The van der Waals surface area contributed by atoms with Crippen molar-refractivity contribution in [3.63, 3.8) is 0 Å². The Morgan fingerprint density at radius 3 is 2.00 bits per heavy atom. The van der Waals surface area contributed by atoms with Gasteiger partial charge in [0, 0.05) is 43.5 Å². The molecule has 0 aromatic carbocycles. The Morgan fingerprint density at radius 1 is 1.80 bits per heavy atom. The molecule has 0 aliphatic rings. The van der Waals surface area contributed by atoms with Gasteiger partial charge in [-0.2, -0.15) is 0 Å². The molecule has 0 bridgehead atoms. The molecule has 0 aromatic heterocycles. The van der Waals surface area contributed by atoms with Gasteiger partial charge in [-0.15, -0.1) is 0 Å². The number of hydrogen-bond donors (Lipinski definition) is 0. The summed E-state index contributed by atoms with van der Waals surface area (Å²) < 4.78 is 4.72. The molecule has 0 heterocycles. The summed E-state index contributed by atoms with van der Waals surface area (Å²) >= 11 is 6.07. The van der Waals surface area contributed by atoms with E-state index in [-0.39, 0.29) is 31.1 Å². The van der Waals surface area contributed by atoms with Gasteiger partial charge in [-0.05, 0) is 0 Å². The van der Waals surface area contributed by atoms with Gasteiger partial charge in [0.15, 0.2) is 0 Å². The molecule has 0 amide bonds. The Morgan fingerprint density at radius 2 is 2.00 bits per heavy atom. The Labute approximate surface area is 74.0 Å². The fourth-order valence-corrected chi connectivity index (χ4v) is 0. The Kier molecular flexibility index (Phi) is 18.1. The fraction of sp³-hybridized carbons (Fsp3) is 0. The summed E-state index contributed by atoms with van der Waals surface area (Å²) in [7, 11) is 0. The average molecular weight is 424 g/mol. The average Bonchev–Trinajstić information content (AvgIpc) is 1.37. The number of halogens is 1. The van der Waals surface area contributed by atoms with Crippen LogP contribution >= 0.6 is 22.6 Å². The Bertz CT molecular complexity index is 25.6. The van der Waals surface area contributed by atoms with Gasteiger partial charge in [0.05, 0.1) is 0 Å². The molecule has 0 radical (unpaired) electrons. The van der Waals surface area contributed by atoms with Crippen molar-refractivity contribution in [3.8, 4) is 0 Å². The number of hydrogen-bond acceptors (Lipinski definition) is 2. The van der Waals surface area contributed by atoms with Crippen LogP contribution in [0.4, 0.5) is 0 Å². The standard InChI is InChI=1S/CHINS.U/c2-1-3-4;/h1H;/q-1;. The van der Waals surface area contributed by atoms with E-state index in [9.17, 15) is 0 Å². The molecule has 0 saturated heterocycles. The van der Waals surface area contributed by atoms with Crippen molar-refractivity contribution in [3.05, 3.63) is 4.55 Å². The van der Waals surface area contributed by atoms with Gasteiger partial charge < -0.3 is 4.36 Å². The first-order chi connectivity index (χ1) is 1.91. The van der Waals surface area contributed by atoms with Crippen LogP contribution in [0.2, 0.25) is 0 Å². The Balaban J connectivity index is 0. The first-order valence-electron chi connectivity index (χ1n) is 0.659. The summed E-state index contributed by atoms with van der Waals surface area (Å²) in [5, 5.41) is 0. The van der Waals surface area contributed by atoms with Gasteiger partial charge >= 0.3 is 0 Å². The maximum absolute atomic E-state index is 4.12. The van der Waals surface area contributed by atoms with Gasteiger partial charge in [0.25, 0.3) is 0 Å². The number of rotatable bonds is 1. The molecule has 5 heavy (non-hydrogen) atoms. The molecular weight excluding hydrogens is 423 g/mol. The van der Waals surface area contributed by atoms with Gasteiger partial charge in [-0.1, -0.05) is 0 Å². The second-order valence-corrected chi connectivity index (χ2v) is 0.971. The summed E-state index contributed by atoms with van der Waals surface area (Å²) in [6.45, 7) is 0. The third-order valence-electron chi connectivity index (χ3n) is 0.0398. The third-order valence-corrected chi connectivity index (χ3v) is 0.802. The van der Waals surface area contributed by atoms with Crippen molar-refractivity contribution in [2.75, 3.05) is 0 Å². The van der Waals surface area contributed by atoms with Crippen molar-refractivity contribution < 1.29 is 31.1 Å². The molecule has 1 nitrogen and oxygen atoms in total. The van der Waals surface area contributed by atoms with Crippen LogP contribution in [0.1, 0.15) is 0 Å². The molecule has 0 aliphatic carbocycles. The summed E-state index contributed by atoms with van der Waals surface area (Å²) in [5.74, 6) is 0. The van der Waals surface area contributed by atoms with Crippen molar-refractivity contribution in [2.45, 2.75) is 0 Å². The first kappa shape index (κ1) is 9.83. The van der Waals surface area contributed by atoms with E-state index in [1.165, 1.54) is 4.55 Å². The molecule has 0 saturated carbocycles. The normalized spacial score (nSPS) is 4.20. The van der Waals surface area contributed by atoms with E-state index in [4.69, 9.17) is 0 Å². The smallest absolute Gasteiger partial charge is 0.00183 e. The van der Waals surface area contributed by atoms with Crippen molar-refractivity contribution >= 4 is 35.0 Å². The van der Waals surface area contributed by atoms with Gasteiger partial charge in [0.1, 0.15) is 0 Å². The van der Waals surface area contributed by atoms with Crippen molar-refractivity contribution in [1.29, 1.82) is 0 Å². The summed E-state index contributed by atoms with van der Waals surface area (Å²) in [5.41, 5.74) is 0. The largest absolute Gasteiger partial charge is 0.371 e. The molecule has 28 valence electrons. The van der Waals surface area contributed by atoms with E-state index >= 15 is 0 Å². The minimum Gasteiger partial charge on any atom is -0.371 e. The molecule has 0 unspecified atom stereocenters. The summed E-state index contributed by atoms with van der Waals surface area (Å²) in [4.78, 5) is 0. The molecular formula is CHINSU-. The van der Waals surface area contributed by atoms with Crippen molar-refractivity contribution in [2.24, 2.45) is 4.36 Å². The van der Waals surface area contributed by atoms with Gasteiger partial charge in [-0.25, -0.2) is 4.55 Å². The maximum atomic E-state index is 4.12. The van der Waals surface area contributed by atoms with E-state index in [1.807, 2.05) is 22.6 Å². The van der Waals surface area contributed by atoms with Crippen LogP contribution in [-0.2, 0) is 12.4 Å². The molecule has 0 atom stereocenters. The monoisotopic (exact) mass is 424 g/mol. The minimum atomic E-state index is 0. The number of nitrogens with zero attached hydrogens (tertiary/aromatic N) is 1. The third kappa shape index (κ3) is 10.7. The van der Waals surface area contributed by atoms with Crippen LogP contribution in [0.5, 0.6) is 0 Å². The van der Waals surface area contributed by atoms with Gasteiger partial charge in [0.2, 0.25) is 0 Å². The van der Waals surface area contributed by atoms with Gasteiger partial charge in [-0.3, -0.25) is 22.6 Å². The summed E-state index contributed by atoms with van der Waals surface area (Å²) in [6.07, 6.45) is 0. The van der Waals surface area contributed by atoms with E-state index in [0.717, 1.165) is 0 Å². The molecule has 0 rings (SSSR count). The quantitative estimate of drug-likeness (QED) is 0.351.